The molecule has 0 saturated carbocycles. The predicted octanol–water partition coefficient (Wildman–Crippen LogP) is 2.37. The van der Waals surface area contributed by atoms with Gasteiger partial charge in [0.05, 0.1) is 0 Å². The molecule has 0 spiro atoms. The fourth-order valence-corrected chi connectivity index (χ4v) is 2.22. The van der Waals surface area contributed by atoms with E-state index >= 15 is 0 Å². The van der Waals surface area contributed by atoms with Crippen molar-refractivity contribution >= 4 is 5.84 Å². The molecule has 1 aliphatic heterocycles. The van der Waals surface area contributed by atoms with Gasteiger partial charge in [-0.25, -0.2) is 0 Å². The first-order chi connectivity index (χ1) is 7.82. The Hall–Kier alpha value is -0.780. The van der Waals surface area contributed by atoms with Crippen molar-refractivity contribution < 1.29 is 13.2 Å². The molecule has 0 aromatic rings. The van der Waals surface area contributed by atoms with Crippen LogP contribution >= 0.6 is 0 Å². The first-order valence-corrected chi connectivity index (χ1v) is 5.97. The van der Waals surface area contributed by atoms with Crippen LogP contribution in [0.4, 0.5) is 13.2 Å². The number of nitrogens with zero attached hydrogens (tertiary/aromatic N) is 1. The van der Waals surface area contributed by atoms with E-state index in [0.29, 0.717) is 6.54 Å². The molecular weight excluding hydrogens is 231 g/mol. The Balaban J connectivity index is 2.68. The number of likely N-dealkylation sites (tertiary alicyclic amines) is 1. The van der Waals surface area contributed by atoms with Crippen molar-refractivity contribution in [2.45, 2.75) is 44.8 Å². The van der Waals surface area contributed by atoms with Gasteiger partial charge < -0.3 is 5.73 Å². The fraction of sp³-hybridized carbons (Fsp3) is 0.909. The average molecular weight is 251 g/mol. The lowest BCUT2D eigenvalue weighted by atomic mass is 10.1. The number of hydrogen-bond donors (Lipinski definition) is 2. The second kappa shape index (κ2) is 5.71. The van der Waals surface area contributed by atoms with E-state index in [0.717, 1.165) is 25.7 Å². The van der Waals surface area contributed by atoms with Crippen LogP contribution in [-0.4, -0.2) is 36.0 Å². The van der Waals surface area contributed by atoms with Crippen LogP contribution in [0, 0.1) is 11.3 Å². The lowest BCUT2D eigenvalue weighted by molar-refractivity contribution is -0.161. The van der Waals surface area contributed by atoms with Crippen LogP contribution < -0.4 is 5.73 Å². The molecule has 3 nitrogen and oxygen atoms in total. The first kappa shape index (κ1) is 14.3. The number of halogens is 3. The molecule has 3 N–H and O–H groups in total. The van der Waals surface area contributed by atoms with Gasteiger partial charge in [0.15, 0.2) is 0 Å². The Kier molecular flexibility index (Phi) is 4.80. The lowest BCUT2D eigenvalue weighted by Gasteiger charge is -2.31. The van der Waals surface area contributed by atoms with Crippen molar-refractivity contribution in [1.82, 2.24) is 4.90 Å². The zero-order valence-electron chi connectivity index (χ0n) is 10.1. The molecule has 0 aromatic heterocycles. The molecule has 0 aliphatic carbocycles. The summed E-state index contributed by atoms with van der Waals surface area (Å²) in [5, 5.41) is 7.08. The predicted molar refractivity (Wildman–Crippen MR) is 61.0 cm³/mol. The van der Waals surface area contributed by atoms with E-state index in [9.17, 15) is 13.2 Å². The maximum Gasteiger partial charge on any atom is 0.399 e. The summed E-state index contributed by atoms with van der Waals surface area (Å²) in [5.41, 5.74) is 5.06. The monoisotopic (exact) mass is 251 g/mol. The Morgan fingerprint density at radius 1 is 1.41 bits per heavy atom. The van der Waals surface area contributed by atoms with Crippen molar-refractivity contribution in [3.8, 4) is 0 Å². The average Bonchev–Trinajstić information content (AvgIpc) is 2.37. The van der Waals surface area contributed by atoms with E-state index in [-0.39, 0.29) is 12.6 Å². The lowest BCUT2D eigenvalue weighted by Crippen LogP contribution is -2.46. The number of nitrogens with two attached hydrogens (primary N) is 1. The number of rotatable bonds is 3. The molecule has 1 saturated heterocycles. The van der Waals surface area contributed by atoms with Gasteiger partial charge in [-0.15, -0.1) is 0 Å². The van der Waals surface area contributed by atoms with Crippen LogP contribution in [0.2, 0.25) is 0 Å². The van der Waals surface area contributed by atoms with Gasteiger partial charge in [-0.2, -0.15) is 13.2 Å². The molecule has 1 aliphatic rings. The van der Waals surface area contributed by atoms with Gasteiger partial charge in [0, 0.05) is 12.6 Å². The maximum absolute atomic E-state index is 12.7. The Morgan fingerprint density at radius 3 is 2.59 bits per heavy atom. The number of amidine groups is 1. The minimum atomic E-state index is -4.42. The summed E-state index contributed by atoms with van der Waals surface area (Å²) in [6.07, 6.45) is -0.445. The summed E-state index contributed by atoms with van der Waals surface area (Å²) >= 11 is 0. The zero-order chi connectivity index (χ0) is 13.1. The quantitative estimate of drug-likeness (QED) is 0.597. The largest absolute Gasteiger partial charge is 0.399 e. The Labute approximate surface area is 99.7 Å². The highest BCUT2D eigenvalue weighted by atomic mass is 19.4. The van der Waals surface area contributed by atoms with Gasteiger partial charge in [-0.05, 0) is 26.3 Å². The van der Waals surface area contributed by atoms with E-state index in [1.54, 1.807) is 0 Å². The van der Waals surface area contributed by atoms with Crippen LogP contribution in [0.25, 0.3) is 0 Å². The summed E-state index contributed by atoms with van der Waals surface area (Å²) in [5.74, 6) is -2.61. The van der Waals surface area contributed by atoms with Crippen molar-refractivity contribution in [1.29, 1.82) is 5.41 Å². The molecule has 0 amide bonds. The molecule has 6 heteroatoms. The third-order valence-corrected chi connectivity index (χ3v) is 3.38. The summed E-state index contributed by atoms with van der Waals surface area (Å²) < 4.78 is 38.1. The summed E-state index contributed by atoms with van der Waals surface area (Å²) in [4.78, 5) is 1.81. The van der Waals surface area contributed by atoms with Gasteiger partial charge >= 0.3 is 6.18 Å². The molecule has 2 unspecified atom stereocenters. The number of alkyl halides is 3. The second-order valence-electron chi connectivity index (χ2n) is 4.74. The van der Waals surface area contributed by atoms with Gasteiger partial charge in [-0.1, -0.05) is 12.8 Å². The standard InChI is InChI=1S/C11H20F3N3/c1-8-5-3-2-4-6-17(8)7-9(10(15)16)11(12,13)14/h8-9H,2-7H2,1H3,(H3,15,16). The van der Waals surface area contributed by atoms with Crippen LogP contribution in [0.3, 0.4) is 0 Å². The van der Waals surface area contributed by atoms with Crippen molar-refractivity contribution in [2.24, 2.45) is 11.7 Å². The van der Waals surface area contributed by atoms with Crippen LogP contribution in [0.15, 0.2) is 0 Å². The highest BCUT2D eigenvalue weighted by Gasteiger charge is 2.43. The molecule has 17 heavy (non-hydrogen) atoms. The summed E-state index contributed by atoms with van der Waals surface area (Å²) in [6, 6.07) is 0.140. The van der Waals surface area contributed by atoms with E-state index in [1.165, 1.54) is 0 Å². The molecule has 1 fully saturated rings. The van der Waals surface area contributed by atoms with Crippen molar-refractivity contribution in [3.05, 3.63) is 0 Å². The molecule has 0 bridgehead atoms. The second-order valence-corrected chi connectivity index (χ2v) is 4.74. The Bertz CT molecular complexity index is 265. The van der Waals surface area contributed by atoms with E-state index in [1.807, 2.05) is 11.8 Å². The van der Waals surface area contributed by atoms with Gasteiger partial charge in [-0.3, -0.25) is 10.3 Å². The summed E-state index contributed by atoms with van der Waals surface area (Å²) in [7, 11) is 0. The normalized spacial score (nSPS) is 25.3. The SMILES string of the molecule is CC1CCCCCN1CC(C(=N)N)C(F)(F)F. The first-order valence-electron chi connectivity index (χ1n) is 5.97. The topological polar surface area (TPSA) is 53.1 Å². The van der Waals surface area contributed by atoms with Gasteiger partial charge in [0.25, 0.3) is 0 Å². The molecule has 0 aromatic carbocycles. The van der Waals surface area contributed by atoms with Crippen molar-refractivity contribution in [2.75, 3.05) is 13.1 Å². The molecule has 100 valence electrons. The number of hydrogen-bond acceptors (Lipinski definition) is 2. The molecule has 2 atom stereocenters. The highest BCUT2D eigenvalue weighted by molar-refractivity contribution is 5.80. The van der Waals surface area contributed by atoms with Crippen LogP contribution in [0.5, 0.6) is 0 Å². The van der Waals surface area contributed by atoms with Crippen LogP contribution in [-0.2, 0) is 0 Å². The van der Waals surface area contributed by atoms with Crippen molar-refractivity contribution in [3.63, 3.8) is 0 Å². The highest BCUT2D eigenvalue weighted by Crippen LogP contribution is 2.28. The molecular formula is C11H20F3N3. The van der Waals surface area contributed by atoms with E-state index in [4.69, 9.17) is 11.1 Å². The number of nitrogens with one attached hydrogen (secondary N) is 1. The van der Waals surface area contributed by atoms with Gasteiger partial charge in [0.2, 0.25) is 0 Å². The van der Waals surface area contributed by atoms with E-state index in [2.05, 4.69) is 0 Å². The molecule has 1 heterocycles. The summed E-state index contributed by atoms with van der Waals surface area (Å²) in [6.45, 7) is 2.43. The van der Waals surface area contributed by atoms with Gasteiger partial charge in [0.1, 0.15) is 11.8 Å². The maximum atomic E-state index is 12.7. The molecule has 1 rings (SSSR count). The van der Waals surface area contributed by atoms with Crippen LogP contribution in [0.1, 0.15) is 32.6 Å². The van der Waals surface area contributed by atoms with E-state index < -0.39 is 17.9 Å². The smallest absolute Gasteiger partial charge is 0.387 e. The third kappa shape index (κ3) is 4.18. The molecule has 0 radical (unpaired) electrons. The fourth-order valence-electron chi connectivity index (χ4n) is 2.22. The minimum Gasteiger partial charge on any atom is -0.387 e. The Morgan fingerprint density at radius 2 is 2.06 bits per heavy atom. The zero-order valence-corrected chi connectivity index (χ0v) is 10.1. The third-order valence-electron chi connectivity index (χ3n) is 3.38. The minimum absolute atomic E-state index is 0.140.